The Balaban J connectivity index is 2.39. The third kappa shape index (κ3) is 4.42. The van der Waals surface area contributed by atoms with Gasteiger partial charge in [0.15, 0.2) is 0 Å². The molecule has 0 radical (unpaired) electrons. The van der Waals surface area contributed by atoms with E-state index in [1.807, 2.05) is 32.2 Å². The van der Waals surface area contributed by atoms with Gasteiger partial charge < -0.3 is 10.1 Å². The van der Waals surface area contributed by atoms with Gasteiger partial charge in [-0.2, -0.15) is 0 Å². The van der Waals surface area contributed by atoms with Crippen molar-refractivity contribution < 1.29 is 4.74 Å². The van der Waals surface area contributed by atoms with Crippen LogP contribution in [0, 0.1) is 12.8 Å². The quantitative estimate of drug-likeness (QED) is 0.826. The van der Waals surface area contributed by atoms with Gasteiger partial charge in [-0.25, -0.2) is 0 Å². The minimum absolute atomic E-state index is 0.619. The molecule has 0 bridgehead atoms. The highest BCUT2D eigenvalue weighted by molar-refractivity contribution is 6.32. The van der Waals surface area contributed by atoms with Crippen LogP contribution in [0.1, 0.15) is 18.9 Å². The second kappa shape index (κ2) is 6.77. The Hall–Kier alpha value is -0.730. The van der Waals surface area contributed by atoms with Gasteiger partial charge in [0, 0.05) is 0 Å². The first-order chi connectivity index (χ1) is 7.63. The van der Waals surface area contributed by atoms with Gasteiger partial charge in [-0.15, -0.1) is 0 Å². The summed E-state index contributed by atoms with van der Waals surface area (Å²) in [5, 5.41) is 3.84. The molecule has 0 heterocycles. The van der Waals surface area contributed by atoms with Crippen molar-refractivity contribution in [3.05, 3.63) is 28.8 Å². The minimum Gasteiger partial charge on any atom is -0.492 e. The van der Waals surface area contributed by atoms with Crippen LogP contribution in [0.25, 0.3) is 0 Å². The molecule has 1 N–H and O–H groups in total. The lowest BCUT2D eigenvalue weighted by Crippen LogP contribution is -2.18. The van der Waals surface area contributed by atoms with E-state index in [0.717, 1.165) is 18.7 Å². The molecule has 0 amide bonds. The van der Waals surface area contributed by atoms with E-state index in [4.69, 9.17) is 16.3 Å². The number of rotatable bonds is 6. The van der Waals surface area contributed by atoms with Gasteiger partial charge in [-0.1, -0.05) is 24.6 Å². The second-order valence-corrected chi connectivity index (χ2v) is 4.64. The molecule has 0 fully saturated rings. The molecule has 0 saturated carbocycles. The minimum atomic E-state index is 0.619. The summed E-state index contributed by atoms with van der Waals surface area (Å²) in [4.78, 5) is 0. The zero-order chi connectivity index (χ0) is 12.0. The van der Waals surface area contributed by atoms with Crippen LogP contribution in [0.2, 0.25) is 5.02 Å². The van der Waals surface area contributed by atoms with Crippen LogP contribution in [0.15, 0.2) is 18.2 Å². The standard InChI is InChI=1S/C13H20ClNO/c1-10-4-5-12(14)13(8-10)16-7-6-11(2)9-15-3/h4-5,8,11,15H,6-7,9H2,1-3H3. The lowest BCUT2D eigenvalue weighted by molar-refractivity contribution is 0.282. The molecule has 1 atom stereocenters. The molecule has 1 aromatic carbocycles. The fourth-order valence-corrected chi connectivity index (χ4v) is 1.71. The van der Waals surface area contributed by atoms with E-state index in [-0.39, 0.29) is 0 Å². The highest BCUT2D eigenvalue weighted by Crippen LogP contribution is 2.25. The van der Waals surface area contributed by atoms with Crippen LogP contribution < -0.4 is 10.1 Å². The third-order valence-corrected chi connectivity index (χ3v) is 2.82. The maximum Gasteiger partial charge on any atom is 0.138 e. The van der Waals surface area contributed by atoms with Crippen molar-refractivity contribution in [3.63, 3.8) is 0 Å². The van der Waals surface area contributed by atoms with Crippen LogP contribution >= 0.6 is 11.6 Å². The molecule has 0 aromatic heterocycles. The van der Waals surface area contributed by atoms with Gasteiger partial charge in [0.05, 0.1) is 11.6 Å². The molecular formula is C13H20ClNO. The van der Waals surface area contributed by atoms with Crippen molar-refractivity contribution in [2.24, 2.45) is 5.92 Å². The number of halogens is 1. The van der Waals surface area contributed by atoms with Crippen LogP contribution in [0.3, 0.4) is 0 Å². The van der Waals surface area contributed by atoms with E-state index in [9.17, 15) is 0 Å². The van der Waals surface area contributed by atoms with Crippen LogP contribution in [-0.4, -0.2) is 20.2 Å². The zero-order valence-electron chi connectivity index (χ0n) is 10.2. The van der Waals surface area contributed by atoms with Crippen molar-refractivity contribution in [1.29, 1.82) is 0 Å². The Labute approximate surface area is 103 Å². The first-order valence-corrected chi connectivity index (χ1v) is 6.05. The Bertz CT molecular complexity index is 328. The molecule has 0 aliphatic rings. The third-order valence-electron chi connectivity index (χ3n) is 2.51. The summed E-state index contributed by atoms with van der Waals surface area (Å²) in [6, 6.07) is 5.84. The summed E-state index contributed by atoms with van der Waals surface area (Å²) in [6.07, 6.45) is 1.03. The van der Waals surface area contributed by atoms with E-state index in [2.05, 4.69) is 12.2 Å². The van der Waals surface area contributed by atoms with Gasteiger partial charge >= 0.3 is 0 Å². The lowest BCUT2D eigenvalue weighted by atomic mass is 10.1. The second-order valence-electron chi connectivity index (χ2n) is 4.23. The summed E-state index contributed by atoms with van der Waals surface area (Å²) >= 11 is 6.04. The molecule has 2 nitrogen and oxygen atoms in total. The Morgan fingerprint density at radius 2 is 2.19 bits per heavy atom. The van der Waals surface area contributed by atoms with E-state index in [1.165, 1.54) is 5.56 Å². The maximum absolute atomic E-state index is 6.04. The average Bonchev–Trinajstić information content (AvgIpc) is 2.23. The molecule has 0 aliphatic heterocycles. The fraction of sp³-hybridized carbons (Fsp3) is 0.538. The number of hydrogen-bond donors (Lipinski definition) is 1. The number of benzene rings is 1. The smallest absolute Gasteiger partial charge is 0.138 e. The maximum atomic E-state index is 6.04. The monoisotopic (exact) mass is 241 g/mol. The largest absolute Gasteiger partial charge is 0.492 e. The van der Waals surface area contributed by atoms with Crippen molar-refractivity contribution in [2.75, 3.05) is 20.2 Å². The van der Waals surface area contributed by atoms with E-state index < -0.39 is 0 Å². The molecular weight excluding hydrogens is 222 g/mol. The van der Waals surface area contributed by atoms with Gasteiger partial charge in [-0.3, -0.25) is 0 Å². The van der Waals surface area contributed by atoms with Crippen molar-refractivity contribution >= 4 is 11.6 Å². The fourth-order valence-electron chi connectivity index (χ4n) is 1.54. The summed E-state index contributed by atoms with van der Waals surface area (Å²) in [5.41, 5.74) is 1.17. The lowest BCUT2D eigenvalue weighted by Gasteiger charge is -2.12. The van der Waals surface area contributed by atoms with Gasteiger partial charge in [0.25, 0.3) is 0 Å². The van der Waals surface area contributed by atoms with E-state index in [1.54, 1.807) is 0 Å². The molecule has 0 spiro atoms. The molecule has 3 heteroatoms. The van der Waals surface area contributed by atoms with Gasteiger partial charge in [0.2, 0.25) is 0 Å². The molecule has 1 unspecified atom stereocenters. The topological polar surface area (TPSA) is 21.3 Å². The number of aryl methyl sites for hydroxylation is 1. The van der Waals surface area contributed by atoms with Crippen LogP contribution in [0.4, 0.5) is 0 Å². The predicted octanol–water partition coefficient (Wildman–Crippen LogP) is 3.27. The van der Waals surface area contributed by atoms with Crippen LogP contribution in [-0.2, 0) is 0 Å². The predicted molar refractivity (Wildman–Crippen MR) is 69.4 cm³/mol. The molecule has 0 saturated heterocycles. The SMILES string of the molecule is CNCC(C)CCOc1cc(C)ccc1Cl. The molecule has 1 aromatic rings. The summed E-state index contributed by atoms with van der Waals surface area (Å²) in [6.45, 7) is 5.97. The van der Waals surface area contributed by atoms with E-state index in [0.29, 0.717) is 17.5 Å². The van der Waals surface area contributed by atoms with Crippen molar-refractivity contribution in [2.45, 2.75) is 20.3 Å². The number of ether oxygens (including phenoxy) is 1. The highest BCUT2D eigenvalue weighted by Gasteiger charge is 2.04. The molecule has 16 heavy (non-hydrogen) atoms. The van der Waals surface area contributed by atoms with Crippen molar-refractivity contribution in [3.8, 4) is 5.75 Å². The molecule has 0 aliphatic carbocycles. The summed E-state index contributed by atoms with van der Waals surface area (Å²) < 4.78 is 5.67. The molecule has 90 valence electrons. The van der Waals surface area contributed by atoms with Gasteiger partial charge in [0.1, 0.15) is 5.75 Å². The first kappa shape index (κ1) is 13.3. The zero-order valence-corrected chi connectivity index (χ0v) is 11.0. The molecule has 1 rings (SSSR count). The van der Waals surface area contributed by atoms with Gasteiger partial charge in [-0.05, 0) is 50.6 Å². The Morgan fingerprint density at radius 3 is 2.88 bits per heavy atom. The number of hydrogen-bond acceptors (Lipinski definition) is 2. The Morgan fingerprint density at radius 1 is 1.44 bits per heavy atom. The van der Waals surface area contributed by atoms with Crippen molar-refractivity contribution in [1.82, 2.24) is 5.32 Å². The van der Waals surface area contributed by atoms with E-state index >= 15 is 0 Å². The number of nitrogens with one attached hydrogen (secondary N) is 1. The van der Waals surface area contributed by atoms with Crippen LogP contribution in [0.5, 0.6) is 5.75 Å². The summed E-state index contributed by atoms with van der Waals surface area (Å²) in [5.74, 6) is 1.41. The Kier molecular flexibility index (Phi) is 5.64. The first-order valence-electron chi connectivity index (χ1n) is 5.67. The average molecular weight is 242 g/mol. The summed E-state index contributed by atoms with van der Waals surface area (Å²) in [7, 11) is 1.97. The normalized spacial score (nSPS) is 12.5. The highest BCUT2D eigenvalue weighted by atomic mass is 35.5.